The number of aromatic nitrogens is 1. The van der Waals surface area contributed by atoms with Crippen LogP contribution in [0.4, 0.5) is 0 Å². The lowest BCUT2D eigenvalue weighted by Gasteiger charge is -2.05. The molecule has 2 heteroatoms. The van der Waals surface area contributed by atoms with Crippen LogP contribution in [-0.2, 0) is 30.5 Å². The highest BCUT2D eigenvalue weighted by Crippen LogP contribution is 2.23. The number of ketones is 1. The van der Waals surface area contributed by atoms with Crippen molar-refractivity contribution in [3.05, 3.63) is 65.0 Å². The molecule has 3 rings (SSSR count). The van der Waals surface area contributed by atoms with Crippen molar-refractivity contribution in [2.45, 2.75) is 32.1 Å². The minimum absolute atomic E-state index is 0.256. The number of carbonyl (C=O) groups is 1. The van der Waals surface area contributed by atoms with Crippen LogP contribution in [0.5, 0.6) is 0 Å². The molecule has 0 bridgehead atoms. The lowest BCUT2D eigenvalue weighted by atomic mass is 10.0. The summed E-state index contributed by atoms with van der Waals surface area (Å²) < 4.78 is 0. The third-order valence-corrected chi connectivity index (χ3v) is 3.69. The first-order chi connectivity index (χ1) is 9.31. The van der Waals surface area contributed by atoms with Crippen molar-refractivity contribution in [2.24, 2.45) is 0 Å². The predicted molar refractivity (Wildman–Crippen MR) is 75.1 cm³/mol. The summed E-state index contributed by atoms with van der Waals surface area (Å²) in [5, 5.41) is 0. The quantitative estimate of drug-likeness (QED) is 0.836. The standard InChI is InChI=1S/C17H17NO/c19-17(11-14-3-2-8-18-12-14)10-13-6-7-15-4-1-5-16(15)9-13/h2-3,6-9,12H,1,4-5,10-11H2. The molecule has 96 valence electrons. The molecule has 1 aliphatic carbocycles. The predicted octanol–water partition coefficient (Wildman–Crippen LogP) is 2.92. The molecule has 0 amide bonds. The van der Waals surface area contributed by atoms with Crippen molar-refractivity contribution in [1.82, 2.24) is 4.98 Å². The zero-order valence-electron chi connectivity index (χ0n) is 10.9. The second kappa shape index (κ2) is 5.35. The van der Waals surface area contributed by atoms with Gasteiger partial charge >= 0.3 is 0 Å². The number of hydrogen-bond acceptors (Lipinski definition) is 2. The van der Waals surface area contributed by atoms with Gasteiger partial charge in [0.1, 0.15) is 5.78 Å². The average molecular weight is 251 g/mol. The molecule has 2 aromatic rings. The molecule has 0 radical (unpaired) electrons. The van der Waals surface area contributed by atoms with Gasteiger partial charge in [0, 0.05) is 25.2 Å². The van der Waals surface area contributed by atoms with E-state index in [-0.39, 0.29) is 5.78 Å². The molecule has 0 saturated carbocycles. The maximum Gasteiger partial charge on any atom is 0.141 e. The molecule has 0 atom stereocenters. The minimum atomic E-state index is 0.256. The highest BCUT2D eigenvalue weighted by Gasteiger charge is 2.12. The number of aryl methyl sites for hydroxylation is 2. The normalized spacial score (nSPS) is 13.3. The van der Waals surface area contributed by atoms with Gasteiger partial charge in [0.2, 0.25) is 0 Å². The van der Waals surface area contributed by atoms with Gasteiger partial charge in [-0.05, 0) is 47.6 Å². The van der Waals surface area contributed by atoms with E-state index in [0.29, 0.717) is 12.8 Å². The fraction of sp³-hybridized carbons (Fsp3) is 0.294. The van der Waals surface area contributed by atoms with Crippen LogP contribution in [0.3, 0.4) is 0 Å². The second-order valence-electron chi connectivity index (χ2n) is 5.21. The molecule has 19 heavy (non-hydrogen) atoms. The highest BCUT2D eigenvalue weighted by molar-refractivity contribution is 5.83. The summed E-state index contributed by atoms with van der Waals surface area (Å²) in [4.78, 5) is 16.1. The van der Waals surface area contributed by atoms with E-state index < -0.39 is 0 Å². The zero-order chi connectivity index (χ0) is 13.1. The Balaban J connectivity index is 1.66. The van der Waals surface area contributed by atoms with Crippen molar-refractivity contribution in [2.75, 3.05) is 0 Å². The van der Waals surface area contributed by atoms with Gasteiger partial charge in [0.25, 0.3) is 0 Å². The van der Waals surface area contributed by atoms with Gasteiger partial charge in [0.05, 0.1) is 0 Å². The van der Waals surface area contributed by atoms with Gasteiger partial charge in [-0.3, -0.25) is 9.78 Å². The molecule has 1 aliphatic rings. The number of benzene rings is 1. The van der Waals surface area contributed by atoms with Gasteiger partial charge in [0.15, 0.2) is 0 Å². The maximum atomic E-state index is 12.1. The molecule has 0 aliphatic heterocycles. The van der Waals surface area contributed by atoms with E-state index in [1.807, 2.05) is 12.1 Å². The number of pyridine rings is 1. The molecule has 2 nitrogen and oxygen atoms in total. The van der Waals surface area contributed by atoms with Crippen molar-refractivity contribution in [1.29, 1.82) is 0 Å². The molecule has 0 fully saturated rings. The summed E-state index contributed by atoms with van der Waals surface area (Å²) in [6.07, 6.45) is 8.11. The van der Waals surface area contributed by atoms with Crippen LogP contribution < -0.4 is 0 Å². The summed E-state index contributed by atoms with van der Waals surface area (Å²) >= 11 is 0. The third-order valence-electron chi connectivity index (χ3n) is 3.69. The SMILES string of the molecule is O=C(Cc1cccnc1)Cc1ccc2c(c1)CCC2. The number of fused-ring (bicyclic) bond motifs is 1. The zero-order valence-corrected chi connectivity index (χ0v) is 10.9. The number of hydrogen-bond donors (Lipinski definition) is 0. The van der Waals surface area contributed by atoms with E-state index in [2.05, 4.69) is 23.2 Å². The van der Waals surface area contributed by atoms with Crippen molar-refractivity contribution in [3.8, 4) is 0 Å². The largest absolute Gasteiger partial charge is 0.299 e. The Labute approximate surface area is 113 Å². The molecular formula is C17H17NO. The first-order valence-corrected chi connectivity index (χ1v) is 6.82. The average Bonchev–Trinajstić information content (AvgIpc) is 2.87. The Morgan fingerprint density at radius 3 is 2.74 bits per heavy atom. The van der Waals surface area contributed by atoms with Crippen molar-refractivity contribution < 1.29 is 4.79 Å². The van der Waals surface area contributed by atoms with E-state index in [4.69, 9.17) is 0 Å². The van der Waals surface area contributed by atoms with E-state index in [0.717, 1.165) is 11.1 Å². The van der Waals surface area contributed by atoms with E-state index >= 15 is 0 Å². The minimum Gasteiger partial charge on any atom is -0.299 e. The van der Waals surface area contributed by atoms with Crippen LogP contribution >= 0.6 is 0 Å². The summed E-state index contributed by atoms with van der Waals surface area (Å²) in [7, 11) is 0. The number of nitrogens with zero attached hydrogens (tertiary/aromatic N) is 1. The number of carbonyl (C=O) groups excluding carboxylic acids is 1. The molecule has 0 N–H and O–H groups in total. The molecule has 1 heterocycles. The van der Waals surface area contributed by atoms with Crippen LogP contribution in [0.15, 0.2) is 42.7 Å². The monoisotopic (exact) mass is 251 g/mol. The Bertz CT molecular complexity index is 589. The van der Waals surface area contributed by atoms with Crippen LogP contribution in [0.25, 0.3) is 0 Å². The summed E-state index contributed by atoms with van der Waals surface area (Å²) in [5.74, 6) is 0.256. The molecule has 0 saturated heterocycles. The molecular weight excluding hydrogens is 234 g/mol. The Morgan fingerprint density at radius 1 is 1.05 bits per heavy atom. The van der Waals surface area contributed by atoms with Gasteiger partial charge in [-0.25, -0.2) is 0 Å². The number of rotatable bonds is 4. The van der Waals surface area contributed by atoms with Crippen LogP contribution in [-0.4, -0.2) is 10.8 Å². The van der Waals surface area contributed by atoms with E-state index in [1.165, 1.54) is 30.4 Å². The summed E-state index contributed by atoms with van der Waals surface area (Å²) in [5.41, 5.74) is 5.04. The van der Waals surface area contributed by atoms with Gasteiger partial charge < -0.3 is 0 Å². The molecule has 1 aromatic heterocycles. The summed E-state index contributed by atoms with van der Waals surface area (Å²) in [6.45, 7) is 0. The molecule has 0 unspecified atom stereocenters. The van der Waals surface area contributed by atoms with Crippen LogP contribution in [0.2, 0.25) is 0 Å². The topological polar surface area (TPSA) is 30.0 Å². The van der Waals surface area contributed by atoms with Gasteiger partial charge in [-0.15, -0.1) is 0 Å². The van der Waals surface area contributed by atoms with Crippen molar-refractivity contribution in [3.63, 3.8) is 0 Å². The van der Waals surface area contributed by atoms with Gasteiger partial charge in [-0.2, -0.15) is 0 Å². The van der Waals surface area contributed by atoms with Crippen molar-refractivity contribution >= 4 is 5.78 Å². The Morgan fingerprint density at radius 2 is 1.89 bits per heavy atom. The Kier molecular flexibility index (Phi) is 3.41. The lowest BCUT2D eigenvalue weighted by Crippen LogP contribution is -2.07. The summed E-state index contributed by atoms with van der Waals surface area (Å²) in [6, 6.07) is 10.3. The highest BCUT2D eigenvalue weighted by atomic mass is 16.1. The van der Waals surface area contributed by atoms with E-state index in [1.54, 1.807) is 12.4 Å². The fourth-order valence-electron chi connectivity index (χ4n) is 2.76. The number of Topliss-reactive ketones (excluding diaryl/α,β-unsaturated/α-hetero) is 1. The first-order valence-electron chi connectivity index (χ1n) is 6.82. The first kappa shape index (κ1) is 12.1. The molecule has 0 spiro atoms. The maximum absolute atomic E-state index is 12.1. The van der Waals surface area contributed by atoms with Crippen LogP contribution in [0, 0.1) is 0 Å². The van der Waals surface area contributed by atoms with Crippen LogP contribution in [0.1, 0.15) is 28.7 Å². The smallest absolute Gasteiger partial charge is 0.141 e. The van der Waals surface area contributed by atoms with Gasteiger partial charge in [-0.1, -0.05) is 24.3 Å². The fourth-order valence-corrected chi connectivity index (χ4v) is 2.76. The lowest BCUT2D eigenvalue weighted by molar-refractivity contribution is -0.117. The van der Waals surface area contributed by atoms with E-state index in [9.17, 15) is 4.79 Å². The third kappa shape index (κ3) is 2.90. The molecule has 1 aromatic carbocycles. The second-order valence-corrected chi connectivity index (χ2v) is 5.21. The Hall–Kier alpha value is -1.96.